The van der Waals surface area contributed by atoms with Gasteiger partial charge in [-0.15, -0.1) is 11.3 Å². The molecule has 0 spiro atoms. The van der Waals surface area contributed by atoms with Crippen LogP contribution in [0.3, 0.4) is 0 Å². The van der Waals surface area contributed by atoms with Crippen molar-refractivity contribution >= 4 is 34.2 Å². The van der Waals surface area contributed by atoms with Crippen molar-refractivity contribution in [2.45, 2.75) is 50.2 Å². The molecule has 11 nitrogen and oxygen atoms in total. The number of nitrogens with one attached hydrogen (secondary N) is 2. The molecule has 0 saturated carbocycles. The number of aliphatic imine (C=N–C) groups is 1. The monoisotopic (exact) mass is 657 g/mol. The van der Waals surface area contributed by atoms with Crippen LogP contribution in [0.1, 0.15) is 61.4 Å². The Morgan fingerprint density at radius 1 is 1.11 bits per heavy atom. The number of thioether (sulfide) groups is 1. The average Bonchev–Trinajstić information content (AvgIpc) is 3.45. The van der Waals surface area contributed by atoms with Crippen LogP contribution in [0.2, 0.25) is 0 Å². The SMILES string of the molecule is CN(CCCCCCCN/C(=C\[N+](=O)[O-])NCCSCc1csc(N=C(N)N)n1)CCC(c1ccc(F)cc1)c1ccccn1. The Morgan fingerprint density at radius 3 is 2.60 bits per heavy atom. The molecule has 1 aromatic carbocycles. The predicted octanol–water partition coefficient (Wildman–Crippen LogP) is 5.17. The third-order valence-corrected chi connectivity index (χ3v) is 8.74. The molecule has 0 radical (unpaired) electrons. The minimum absolute atomic E-state index is 0.0171. The molecular weight excluding hydrogens is 614 g/mol. The van der Waals surface area contributed by atoms with Gasteiger partial charge in [0.15, 0.2) is 11.8 Å². The lowest BCUT2D eigenvalue weighted by Gasteiger charge is -2.22. The van der Waals surface area contributed by atoms with Crippen LogP contribution in [-0.4, -0.2) is 64.7 Å². The Bertz CT molecular complexity index is 1340. The molecule has 0 saturated heterocycles. The molecule has 1 atom stereocenters. The van der Waals surface area contributed by atoms with Crippen LogP contribution in [0.25, 0.3) is 0 Å². The first-order valence-corrected chi connectivity index (χ1v) is 17.1. The van der Waals surface area contributed by atoms with Crippen LogP contribution in [0, 0.1) is 15.9 Å². The summed E-state index contributed by atoms with van der Waals surface area (Å²) in [4.78, 5) is 25.8. The van der Waals surface area contributed by atoms with E-state index in [1.54, 1.807) is 18.0 Å². The predicted molar refractivity (Wildman–Crippen MR) is 183 cm³/mol. The zero-order valence-corrected chi connectivity index (χ0v) is 27.4. The molecule has 2 heterocycles. The molecule has 3 aromatic rings. The smallest absolute Gasteiger partial charge is 0.274 e. The maximum atomic E-state index is 13.5. The number of nitrogens with two attached hydrogens (primary N) is 2. The Labute approximate surface area is 273 Å². The van der Waals surface area contributed by atoms with Crippen LogP contribution in [-0.2, 0) is 5.75 Å². The summed E-state index contributed by atoms with van der Waals surface area (Å²) >= 11 is 3.05. The highest BCUT2D eigenvalue weighted by molar-refractivity contribution is 7.98. The summed E-state index contributed by atoms with van der Waals surface area (Å²) in [6.07, 6.45) is 9.04. The number of rotatable bonds is 22. The van der Waals surface area contributed by atoms with Crippen molar-refractivity contribution in [2.75, 3.05) is 39.0 Å². The number of halogens is 1. The van der Waals surface area contributed by atoms with Gasteiger partial charge in [0.25, 0.3) is 6.20 Å². The summed E-state index contributed by atoms with van der Waals surface area (Å²) in [6.45, 7) is 3.19. The second kappa shape index (κ2) is 20.3. The first kappa shape index (κ1) is 35.7. The van der Waals surface area contributed by atoms with Crippen LogP contribution in [0.5, 0.6) is 0 Å². The minimum atomic E-state index is -0.447. The normalized spacial score (nSPS) is 12.2. The van der Waals surface area contributed by atoms with Gasteiger partial charge >= 0.3 is 0 Å². The standard InChI is InChI=1S/C31H44FN9O2S2/c1-40(19-14-27(28-9-5-7-15-35-28)24-10-12-25(32)13-11-24)18-8-4-2-3-6-16-36-29(21-41(42)43)37-17-20-44-22-26-23-45-31(38-26)39-30(33)34/h5,7,9-13,15,21,23,27,36-37H,2-4,6,8,14,16-20,22H2,1H3,(H4,33,34,38,39)/b29-21+. The number of unbranched alkanes of at least 4 members (excludes halogenated alkanes) is 4. The van der Waals surface area contributed by atoms with Crippen molar-refractivity contribution in [2.24, 2.45) is 16.5 Å². The molecule has 0 aliphatic carbocycles. The Morgan fingerprint density at radius 2 is 1.87 bits per heavy atom. The lowest BCUT2D eigenvalue weighted by Crippen LogP contribution is -2.29. The zero-order chi connectivity index (χ0) is 32.3. The number of nitro groups is 1. The van der Waals surface area contributed by atoms with Gasteiger partial charge in [-0.25, -0.2) is 9.37 Å². The number of hydrogen-bond acceptors (Lipinski definition) is 10. The van der Waals surface area contributed by atoms with Gasteiger partial charge in [-0.05, 0) is 69.2 Å². The summed E-state index contributed by atoms with van der Waals surface area (Å²) < 4.78 is 13.5. The fourth-order valence-electron chi connectivity index (χ4n) is 4.70. The number of guanidine groups is 1. The molecule has 2 aromatic heterocycles. The second-order valence-electron chi connectivity index (χ2n) is 10.6. The summed E-state index contributed by atoms with van der Waals surface area (Å²) in [7, 11) is 2.14. The lowest BCUT2D eigenvalue weighted by molar-refractivity contribution is -0.404. The van der Waals surface area contributed by atoms with Gasteiger partial charge < -0.3 is 27.0 Å². The maximum absolute atomic E-state index is 13.5. The van der Waals surface area contributed by atoms with Gasteiger partial charge in [-0.3, -0.25) is 15.1 Å². The van der Waals surface area contributed by atoms with E-state index in [9.17, 15) is 14.5 Å². The first-order chi connectivity index (χ1) is 21.8. The first-order valence-electron chi connectivity index (χ1n) is 15.1. The molecule has 244 valence electrons. The second-order valence-corrected chi connectivity index (χ2v) is 12.6. The Balaban J connectivity index is 1.26. The van der Waals surface area contributed by atoms with E-state index in [1.165, 1.54) is 23.5 Å². The molecule has 0 amide bonds. The molecule has 0 fully saturated rings. The van der Waals surface area contributed by atoms with Gasteiger partial charge in [-0.2, -0.15) is 16.8 Å². The maximum Gasteiger partial charge on any atom is 0.274 e. The lowest BCUT2D eigenvalue weighted by atomic mass is 9.91. The van der Waals surface area contributed by atoms with Crippen molar-refractivity contribution in [3.8, 4) is 0 Å². The molecule has 0 bridgehead atoms. The van der Waals surface area contributed by atoms with E-state index in [-0.39, 0.29) is 17.7 Å². The number of benzene rings is 1. The highest BCUT2D eigenvalue weighted by Crippen LogP contribution is 2.27. The fourth-order valence-corrected chi connectivity index (χ4v) is 6.26. The van der Waals surface area contributed by atoms with Crippen molar-refractivity contribution < 1.29 is 9.31 Å². The van der Waals surface area contributed by atoms with E-state index in [0.717, 1.165) is 80.5 Å². The van der Waals surface area contributed by atoms with Gasteiger partial charge in [0, 0.05) is 47.8 Å². The number of hydrogen-bond donors (Lipinski definition) is 4. The van der Waals surface area contributed by atoms with Crippen molar-refractivity contribution in [1.29, 1.82) is 0 Å². The Hall–Kier alpha value is -3.75. The van der Waals surface area contributed by atoms with E-state index >= 15 is 0 Å². The number of aromatic nitrogens is 2. The molecule has 3 rings (SSSR count). The van der Waals surface area contributed by atoms with Gasteiger partial charge in [0.05, 0.1) is 10.6 Å². The molecule has 14 heteroatoms. The summed E-state index contributed by atoms with van der Waals surface area (Å²) in [5, 5.41) is 19.8. The summed E-state index contributed by atoms with van der Waals surface area (Å²) in [5.41, 5.74) is 13.7. The van der Waals surface area contributed by atoms with E-state index in [1.807, 2.05) is 35.7 Å². The highest BCUT2D eigenvalue weighted by atomic mass is 32.2. The third-order valence-electron chi connectivity index (χ3n) is 6.96. The van der Waals surface area contributed by atoms with E-state index < -0.39 is 4.92 Å². The molecular formula is C31H44FN9O2S2. The number of pyridine rings is 1. The third kappa shape index (κ3) is 14.7. The van der Waals surface area contributed by atoms with Crippen LogP contribution >= 0.6 is 23.1 Å². The van der Waals surface area contributed by atoms with Gasteiger partial charge in [-0.1, -0.05) is 37.5 Å². The van der Waals surface area contributed by atoms with Gasteiger partial charge in [0.2, 0.25) is 5.13 Å². The van der Waals surface area contributed by atoms with Crippen LogP contribution in [0.4, 0.5) is 9.52 Å². The minimum Gasteiger partial charge on any atom is -0.370 e. The quantitative estimate of drug-likeness (QED) is 0.0373. The van der Waals surface area contributed by atoms with Crippen molar-refractivity contribution in [3.05, 3.63) is 98.9 Å². The fraction of sp³-hybridized carbons (Fsp3) is 0.452. The van der Waals surface area contributed by atoms with Crippen molar-refractivity contribution in [3.63, 3.8) is 0 Å². The molecule has 45 heavy (non-hydrogen) atoms. The summed E-state index contributed by atoms with van der Waals surface area (Å²) in [5.74, 6) is 1.77. The molecule has 1 unspecified atom stereocenters. The average molecular weight is 658 g/mol. The number of thiazole rings is 1. The number of nitrogens with zero attached hydrogens (tertiary/aromatic N) is 5. The van der Waals surface area contributed by atoms with E-state index in [0.29, 0.717) is 29.8 Å². The van der Waals surface area contributed by atoms with Crippen molar-refractivity contribution in [1.82, 2.24) is 25.5 Å². The zero-order valence-electron chi connectivity index (χ0n) is 25.7. The van der Waals surface area contributed by atoms with Crippen LogP contribution < -0.4 is 22.1 Å². The highest BCUT2D eigenvalue weighted by Gasteiger charge is 2.16. The molecule has 6 N–H and O–H groups in total. The van der Waals surface area contributed by atoms with Gasteiger partial charge in [0.1, 0.15) is 5.82 Å². The Kier molecular flexibility index (Phi) is 16.1. The molecule has 0 aliphatic heterocycles. The largest absolute Gasteiger partial charge is 0.370 e. The molecule has 0 aliphatic rings. The summed E-state index contributed by atoms with van der Waals surface area (Å²) in [6, 6.07) is 12.7. The van der Waals surface area contributed by atoms with E-state index in [4.69, 9.17) is 11.5 Å². The topological polar surface area (TPSA) is 161 Å². The van der Waals surface area contributed by atoms with Crippen LogP contribution in [0.15, 0.2) is 71.1 Å². The van der Waals surface area contributed by atoms with E-state index in [2.05, 4.69) is 37.5 Å².